The van der Waals surface area contributed by atoms with E-state index in [1.54, 1.807) is 16.6 Å². The molecular formula is C14H18F2N6O. The summed E-state index contributed by atoms with van der Waals surface area (Å²) >= 11 is 0. The summed E-state index contributed by atoms with van der Waals surface area (Å²) in [5, 5.41) is 11.2. The van der Waals surface area contributed by atoms with Crippen molar-refractivity contribution in [2.24, 2.45) is 7.05 Å². The summed E-state index contributed by atoms with van der Waals surface area (Å²) < 4.78 is 27.5. The molecule has 0 radical (unpaired) electrons. The Kier molecular flexibility index (Phi) is 4.01. The van der Waals surface area contributed by atoms with Crippen LogP contribution in [-0.4, -0.2) is 44.5 Å². The van der Waals surface area contributed by atoms with E-state index >= 15 is 0 Å². The summed E-state index contributed by atoms with van der Waals surface area (Å²) in [5.74, 6) is 0.694. The van der Waals surface area contributed by atoms with E-state index < -0.39 is 19.0 Å². The van der Waals surface area contributed by atoms with E-state index in [2.05, 4.69) is 15.5 Å². The van der Waals surface area contributed by atoms with Gasteiger partial charge >= 0.3 is 0 Å². The number of nitrogens with zero attached hydrogens (tertiary/aromatic N) is 5. The second-order valence-corrected chi connectivity index (χ2v) is 5.59. The van der Waals surface area contributed by atoms with E-state index in [0.717, 1.165) is 16.2 Å². The predicted molar refractivity (Wildman–Crippen MR) is 80.6 cm³/mol. The molecule has 124 valence electrons. The molecule has 1 atom stereocenters. The summed E-state index contributed by atoms with van der Waals surface area (Å²) in [4.78, 5) is 14.2. The Bertz CT molecular complexity index is 710. The van der Waals surface area contributed by atoms with Gasteiger partial charge in [0.1, 0.15) is 18.4 Å². The first-order chi connectivity index (χ1) is 10.9. The van der Waals surface area contributed by atoms with Crippen LogP contribution in [0.2, 0.25) is 0 Å². The molecule has 23 heavy (non-hydrogen) atoms. The molecule has 1 N–H and O–H groups in total. The van der Waals surface area contributed by atoms with Crippen LogP contribution in [0, 0.1) is 6.92 Å². The number of hydrogen-bond donors (Lipinski definition) is 1. The number of aryl methyl sites for hydroxylation is 2. The second kappa shape index (κ2) is 5.98. The van der Waals surface area contributed by atoms with E-state index in [4.69, 9.17) is 0 Å². The molecule has 1 unspecified atom stereocenters. The van der Waals surface area contributed by atoms with Crippen LogP contribution in [0.1, 0.15) is 12.1 Å². The average molecular weight is 324 g/mol. The molecule has 1 aliphatic heterocycles. The van der Waals surface area contributed by atoms with E-state index in [0.29, 0.717) is 18.7 Å². The smallest absolute Gasteiger partial charge is 0.257 e. The highest BCUT2D eigenvalue weighted by Gasteiger charge is 2.34. The third-order valence-corrected chi connectivity index (χ3v) is 3.76. The Labute approximate surface area is 131 Å². The number of anilines is 2. The van der Waals surface area contributed by atoms with Crippen molar-refractivity contribution in [3.63, 3.8) is 0 Å². The first-order valence-electron chi connectivity index (χ1n) is 7.33. The van der Waals surface area contributed by atoms with Gasteiger partial charge in [-0.3, -0.25) is 19.1 Å². The van der Waals surface area contributed by atoms with E-state index in [-0.39, 0.29) is 5.91 Å². The number of carbonyl (C=O) groups excluding carboxylic acids is 1. The maximum atomic E-state index is 12.5. The topological polar surface area (TPSA) is 68.0 Å². The number of hydrogen-bond acceptors (Lipinski definition) is 4. The number of alkyl halides is 2. The van der Waals surface area contributed by atoms with E-state index in [1.807, 2.05) is 13.0 Å². The van der Waals surface area contributed by atoms with Crippen molar-refractivity contribution in [1.82, 2.24) is 19.6 Å². The van der Waals surface area contributed by atoms with Crippen LogP contribution in [0.4, 0.5) is 20.3 Å². The lowest BCUT2D eigenvalue weighted by atomic mass is 10.2. The average Bonchev–Trinajstić information content (AvgIpc) is 3.12. The van der Waals surface area contributed by atoms with E-state index in [9.17, 15) is 13.6 Å². The lowest BCUT2D eigenvalue weighted by Gasteiger charge is -2.16. The molecule has 1 aliphatic rings. The third-order valence-electron chi connectivity index (χ3n) is 3.76. The molecule has 2 aromatic rings. The van der Waals surface area contributed by atoms with Crippen molar-refractivity contribution < 1.29 is 13.6 Å². The van der Waals surface area contributed by atoms with Gasteiger partial charge in [0.05, 0.1) is 17.6 Å². The van der Waals surface area contributed by atoms with Gasteiger partial charge in [-0.25, -0.2) is 8.78 Å². The van der Waals surface area contributed by atoms with Crippen molar-refractivity contribution in [2.45, 2.75) is 32.4 Å². The Hall–Kier alpha value is -2.45. The largest absolute Gasteiger partial charge is 0.371 e. The van der Waals surface area contributed by atoms with Crippen molar-refractivity contribution in [3.05, 3.63) is 24.2 Å². The maximum Gasteiger partial charge on any atom is 0.257 e. The molecular weight excluding hydrogens is 306 g/mol. The number of carbonyl (C=O) groups is 1. The summed E-state index contributed by atoms with van der Waals surface area (Å²) in [7, 11) is 1.80. The van der Waals surface area contributed by atoms with Crippen molar-refractivity contribution in [1.29, 1.82) is 0 Å². The molecule has 0 aromatic carbocycles. The zero-order valence-corrected chi connectivity index (χ0v) is 12.9. The fourth-order valence-corrected chi connectivity index (χ4v) is 2.77. The fourth-order valence-electron chi connectivity index (χ4n) is 2.77. The first kappa shape index (κ1) is 15.4. The van der Waals surface area contributed by atoms with Gasteiger partial charge < -0.3 is 5.32 Å². The van der Waals surface area contributed by atoms with Crippen LogP contribution < -0.4 is 10.2 Å². The molecule has 2 aromatic heterocycles. The molecule has 7 nitrogen and oxygen atoms in total. The minimum Gasteiger partial charge on any atom is -0.371 e. The van der Waals surface area contributed by atoms with Crippen LogP contribution in [0.5, 0.6) is 0 Å². The minimum absolute atomic E-state index is 0.0605. The lowest BCUT2D eigenvalue weighted by molar-refractivity contribution is -0.117. The highest BCUT2D eigenvalue weighted by Crippen LogP contribution is 2.24. The van der Waals surface area contributed by atoms with Gasteiger partial charge in [0.2, 0.25) is 0 Å². The zero-order chi connectivity index (χ0) is 16.6. The number of amides is 1. The summed E-state index contributed by atoms with van der Waals surface area (Å²) in [5.41, 5.74) is 1.41. The number of nitrogens with one attached hydrogen (secondary N) is 1. The monoisotopic (exact) mass is 324 g/mol. The molecule has 0 bridgehead atoms. The molecule has 0 saturated carbocycles. The van der Waals surface area contributed by atoms with Crippen molar-refractivity contribution >= 4 is 17.4 Å². The van der Waals surface area contributed by atoms with Crippen LogP contribution in [0.15, 0.2) is 18.5 Å². The number of aromatic nitrogens is 4. The van der Waals surface area contributed by atoms with Gasteiger partial charge in [-0.05, 0) is 13.3 Å². The van der Waals surface area contributed by atoms with Crippen molar-refractivity contribution in [2.75, 3.05) is 16.8 Å². The van der Waals surface area contributed by atoms with Crippen LogP contribution >= 0.6 is 0 Å². The van der Waals surface area contributed by atoms with Gasteiger partial charge in [0.15, 0.2) is 0 Å². The lowest BCUT2D eigenvalue weighted by Crippen LogP contribution is -2.34. The molecule has 0 spiro atoms. The van der Waals surface area contributed by atoms with Gasteiger partial charge in [0.25, 0.3) is 12.3 Å². The summed E-state index contributed by atoms with van der Waals surface area (Å²) in [6.45, 7) is 2.00. The third kappa shape index (κ3) is 3.17. The molecule has 3 rings (SSSR count). The second-order valence-electron chi connectivity index (χ2n) is 5.59. The SMILES string of the molecule is Cc1cc(N2CCC(Nc3cnn(CC(F)F)c3)C2=O)n(C)n1. The van der Waals surface area contributed by atoms with Gasteiger partial charge in [-0.15, -0.1) is 0 Å². The van der Waals surface area contributed by atoms with Crippen LogP contribution in [0.25, 0.3) is 0 Å². The highest BCUT2D eigenvalue weighted by molar-refractivity contribution is 6.00. The number of halogens is 2. The Morgan fingerprint density at radius 1 is 1.48 bits per heavy atom. The standard InChI is InChI=1S/C14H18F2N6O/c1-9-5-13(20(2)19-9)22-4-3-11(14(22)23)18-10-6-17-21(7-10)8-12(15)16/h5-7,11-12,18H,3-4,8H2,1-2H3. The van der Waals surface area contributed by atoms with E-state index in [1.165, 1.54) is 12.4 Å². The number of rotatable bonds is 5. The zero-order valence-electron chi connectivity index (χ0n) is 12.9. The highest BCUT2D eigenvalue weighted by atomic mass is 19.3. The first-order valence-corrected chi connectivity index (χ1v) is 7.33. The summed E-state index contributed by atoms with van der Waals surface area (Å²) in [6.07, 6.45) is 1.10. The Morgan fingerprint density at radius 2 is 2.26 bits per heavy atom. The van der Waals surface area contributed by atoms with Gasteiger partial charge in [-0.2, -0.15) is 10.2 Å². The van der Waals surface area contributed by atoms with Gasteiger partial charge in [-0.1, -0.05) is 0 Å². The predicted octanol–water partition coefficient (Wildman–Crippen LogP) is 1.41. The molecule has 9 heteroatoms. The molecule has 1 amide bonds. The molecule has 0 aliphatic carbocycles. The fraction of sp³-hybridized carbons (Fsp3) is 0.500. The van der Waals surface area contributed by atoms with Gasteiger partial charge in [0, 0.05) is 25.9 Å². The maximum absolute atomic E-state index is 12.5. The Balaban J connectivity index is 1.67. The molecule has 1 saturated heterocycles. The van der Waals surface area contributed by atoms with Crippen molar-refractivity contribution in [3.8, 4) is 0 Å². The molecule has 3 heterocycles. The normalized spacial score (nSPS) is 18.2. The summed E-state index contributed by atoms with van der Waals surface area (Å²) in [6, 6.07) is 1.47. The van der Waals surface area contributed by atoms with Crippen LogP contribution in [0.3, 0.4) is 0 Å². The quantitative estimate of drug-likeness (QED) is 0.903. The molecule has 1 fully saturated rings. The van der Waals surface area contributed by atoms with Crippen LogP contribution in [-0.2, 0) is 18.4 Å². The Morgan fingerprint density at radius 3 is 2.91 bits per heavy atom. The minimum atomic E-state index is -2.46.